The Morgan fingerprint density at radius 3 is 2.53 bits per heavy atom. The lowest BCUT2D eigenvalue weighted by Gasteiger charge is -2.26. The fourth-order valence-corrected chi connectivity index (χ4v) is 3.96. The molecule has 1 aromatic heterocycles. The third-order valence-corrected chi connectivity index (χ3v) is 5.49. The van der Waals surface area contributed by atoms with Crippen LogP contribution in [0.4, 0.5) is 9.93 Å². The van der Waals surface area contributed by atoms with Gasteiger partial charge in [-0.25, -0.2) is 9.78 Å². The van der Waals surface area contributed by atoms with E-state index in [2.05, 4.69) is 15.6 Å². The molecule has 7 nitrogen and oxygen atoms in total. The number of ether oxygens (including phenoxy) is 2. The Kier molecular flexibility index (Phi) is 7.48. The van der Waals surface area contributed by atoms with Gasteiger partial charge in [-0.05, 0) is 57.9 Å². The van der Waals surface area contributed by atoms with Crippen LogP contribution in [0.15, 0.2) is 48.5 Å². The maximum Gasteiger partial charge on any atom is 0.408 e. The summed E-state index contributed by atoms with van der Waals surface area (Å²) in [6, 6.07) is 14.6. The summed E-state index contributed by atoms with van der Waals surface area (Å²) in [5, 5.41) is 5.93. The van der Waals surface area contributed by atoms with E-state index in [1.54, 1.807) is 27.7 Å². The number of amides is 2. The molecule has 0 bridgehead atoms. The predicted octanol–water partition coefficient (Wildman–Crippen LogP) is 5.04. The van der Waals surface area contributed by atoms with Gasteiger partial charge in [0.05, 0.1) is 22.9 Å². The van der Waals surface area contributed by atoms with Crippen molar-refractivity contribution >= 4 is 38.7 Å². The molecule has 3 rings (SSSR count). The second-order valence-electron chi connectivity index (χ2n) is 8.61. The summed E-state index contributed by atoms with van der Waals surface area (Å²) in [6.45, 7) is 9.35. The molecule has 2 N–H and O–H groups in total. The van der Waals surface area contributed by atoms with Crippen molar-refractivity contribution in [2.24, 2.45) is 0 Å². The number of nitrogens with one attached hydrogen (secondary N) is 2. The lowest BCUT2D eigenvalue weighted by molar-refractivity contribution is -0.122. The first-order chi connectivity index (χ1) is 15.1. The molecule has 2 aromatic carbocycles. The van der Waals surface area contributed by atoms with Crippen molar-refractivity contribution in [1.82, 2.24) is 10.3 Å². The van der Waals surface area contributed by atoms with Gasteiger partial charge >= 0.3 is 6.09 Å². The molecule has 0 aliphatic heterocycles. The molecule has 1 heterocycles. The summed E-state index contributed by atoms with van der Waals surface area (Å²) >= 11 is 1.38. The summed E-state index contributed by atoms with van der Waals surface area (Å²) < 4.78 is 12.2. The van der Waals surface area contributed by atoms with Crippen molar-refractivity contribution in [2.45, 2.75) is 59.0 Å². The summed E-state index contributed by atoms with van der Waals surface area (Å²) in [5.74, 6) is -0.424. The van der Waals surface area contributed by atoms with Crippen LogP contribution in [-0.4, -0.2) is 34.7 Å². The highest BCUT2D eigenvalue weighted by atomic mass is 32.1. The maximum absolute atomic E-state index is 13.1. The zero-order valence-corrected chi connectivity index (χ0v) is 19.8. The van der Waals surface area contributed by atoms with E-state index >= 15 is 0 Å². The molecule has 170 valence electrons. The van der Waals surface area contributed by atoms with E-state index in [1.165, 1.54) is 11.3 Å². The Morgan fingerprint density at radius 2 is 1.84 bits per heavy atom. The van der Waals surface area contributed by atoms with Gasteiger partial charge in [0.15, 0.2) is 5.13 Å². The number of carbonyl (C=O) groups excluding carboxylic acids is 2. The molecule has 2 amide bonds. The van der Waals surface area contributed by atoms with Gasteiger partial charge in [0.1, 0.15) is 11.6 Å². The third kappa shape index (κ3) is 6.77. The highest BCUT2D eigenvalue weighted by Gasteiger charge is 2.30. The highest BCUT2D eigenvalue weighted by molar-refractivity contribution is 7.22. The van der Waals surface area contributed by atoms with Crippen LogP contribution in [0, 0.1) is 6.92 Å². The minimum Gasteiger partial charge on any atom is -0.444 e. The van der Waals surface area contributed by atoms with E-state index < -0.39 is 29.7 Å². The second-order valence-corrected chi connectivity index (χ2v) is 9.64. The van der Waals surface area contributed by atoms with Crippen molar-refractivity contribution in [3.05, 3.63) is 59.7 Å². The summed E-state index contributed by atoms with van der Waals surface area (Å²) in [7, 11) is 0. The highest BCUT2D eigenvalue weighted by Crippen LogP contribution is 2.27. The number of anilines is 1. The van der Waals surface area contributed by atoms with Crippen LogP contribution in [0.3, 0.4) is 0 Å². The Balaban J connectivity index is 1.74. The molecule has 0 spiro atoms. The number of carbonyl (C=O) groups is 2. The van der Waals surface area contributed by atoms with E-state index in [0.717, 1.165) is 21.3 Å². The largest absolute Gasteiger partial charge is 0.444 e. The van der Waals surface area contributed by atoms with E-state index in [9.17, 15) is 9.59 Å². The summed E-state index contributed by atoms with van der Waals surface area (Å²) in [4.78, 5) is 30.0. The zero-order chi connectivity index (χ0) is 23.3. The third-order valence-electron chi connectivity index (χ3n) is 4.55. The van der Waals surface area contributed by atoms with Crippen molar-refractivity contribution in [2.75, 3.05) is 5.32 Å². The number of aromatic nitrogens is 1. The molecule has 32 heavy (non-hydrogen) atoms. The number of hydrogen-bond acceptors (Lipinski definition) is 6. The van der Waals surface area contributed by atoms with Crippen molar-refractivity contribution in [3.8, 4) is 0 Å². The van der Waals surface area contributed by atoms with Gasteiger partial charge in [-0.1, -0.05) is 47.7 Å². The van der Waals surface area contributed by atoms with Crippen molar-refractivity contribution < 1.29 is 19.1 Å². The molecule has 2 atom stereocenters. The standard InChI is InChI=1S/C24H29N3O4S/c1-15-11-12-18-19(13-15)32-22(25-18)27-21(28)20(26-23(29)31-24(3,4)5)16(2)30-14-17-9-7-6-8-10-17/h6-13,16,20H,14H2,1-5H3,(H,26,29)(H,25,27,28)/t16-,20-/m0/s1. The lowest BCUT2D eigenvalue weighted by Crippen LogP contribution is -2.52. The predicted molar refractivity (Wildman–Crippen MR) is 127 cm³/mol. The van der Waals surface area contributed by atoms with Crippen LogP contribution in [0.2, 0.25) is 0 Å². The van der Waals surface area contributed by atoms with Crippen LogP contribution >= 0.6 is 11.3 Å². The van der Waals surface area contributed by atoms with E-state index in [4.69, 9.17) is 9.47 Å². The minimum atomic E-state index is -0.970. The molecule has 0 aliphatic rings. The first-order valence-corrected chi connectivity index (χ1v) is 11.3. The second kappa shape index (κ2) is 10.1. The molecule has 0 saturated heterocycles. The number of hydrogen-bond donors (Lipinski definition) is 2. The van der Waals surface area contributed by atoms with Crippen LogP contribution < -0.4 is 10.6 Å². The van der Waals surface area contributed by atoms with Gasteiger partial charge in [-0.2, -0.15) is 0 Å². The van der Waals surface area contributed by atoms with E-state index in [1.807, 2.05) is 55.5 Å². The average Bonchev–Trinajstić information content (AvgIpc) is 3.10. The SMILES string of the molecule is Cc1ccc2nc(NC(=O)[C@@H](NC(=O)OC(C)(C)C)[C@H](C)OCc3ccccc3)sc2c1. The topological polar surface area (TPSA) is 89.6 Å². The summed E-state index contributed by atoms with van der Waals surface area (Å²) in [6.07, 6.45) is -1.30. The van der Waals surface area contributed by atoms with Crippen molar-refractivity contribution in [3.63, 3.8) is 0 Å². The summed E-state index contributed by atoms with van der Waals surface area (Å²) in [5.41, 5.74) is 2.20. The maximum atomic E-state index is 13.1. The number of thiazole rings is 1. The normalized spacial score (nSPS) is 13.4. The zero-order valence-electron chi connectivity index (χ0n) is 19.0. The van der Waals surface area contributed by atoms with Crippen LogP contribution in [0.5, 0.6) is 0 Å². The van der Waals surface area contributed by atoms with Gasteiger partial charge in [0, 0.05) is 0 Å². The first kappa shape index (κ1) is 23.7. The Labute approximate surface area is 192 Å². The van der Waals surface area contributed by atoms with Crippen LogP contribution in [0.1, 0.15) is 38.8 Å². The van der Waals surface area contributed by atoms with Crippen molar-refractivity contribution in [1.29, 1.82) is 0 Å². The molecule has 3 aromatic rings. The molecule has 0 fully saturated rings. The van der Waals surface area contributed by atoms with Crippen LogP contribution in [0.25, 0.3) is 10.2 Å². The number of aryl methyl sites for hydroxylation is 1. The molecular weight excluding hydrogens is 426 g/mol. The first-order valence-electron chi connectivity index (χ1n) is 10.4. The van der Waals surface area contributed by atoms with Gasteiger partial charge in [-0.15, -0.1) is 0 Å². The Morgan fingerprint density at radius 1 is 1.12 bits per heavy atom. The van der Waals surface area contributed by atoms with Gasteiger partial charge in [0.25, 0.3) is 5.91 Å². The average molecular weight is 456 g/mol. The van der Waals surface area contributed by atoms with Gasteiger partial charge in [-0.3, -0.25) is 4.79 Å². The monoisotopic (exact) mass is 455 g/mol. The molecule has 0 unspecified atom stereocenters. The molecule has 8 heteroatoms. The van der Waals surface area contributed by atoms with Crippen LogP contribution in [-0.2, 0) is 20.9 Å². The number of alkyl carbamates (subject to hydrolysis) is 1. The molecule has 0 aliphatic carbocycles. The number of nitrogens with zero attached hydrogens (tertiary/aromatic N) is 1. The Hall–Kier alpha value is -2.97. The van der Waals surface area contributed by atoms with Gasteiger partial charge < -0.3 is 20.1 Å². The fourth-order valence-electron chi connectivity index (χ4n) is 3.00. The minimum absolute atomic E-state index is 0.308. The fraction of sp³-hybridized carbons (Fsp3) is 0.375. The van der Waals surface area contributed by atoms with E-state index in [-0.39, 0.29) is 0 Å². The molecular formula is C24H29N3O4S. The number of rotatable bonds is 7. The quantitative estimate of drug-likeness (QED) is 0.521. The molecule has 0 radical (unpaired) electrons. The number of benzene rings is 2. The molecule has 0 saturated carbocycles. The van der Waals surface area contributed by atoms with E-state index in [0.29, 0.717) is 11.7 Å². The number of fused-ring (bicyclic) bond motifs is 1. The lowest BCUT2D eigenvalue weighted by atomic mass is 10.1. The smallest absolute Gasteiger partial charge is 0.408 e. The Bertz CT molecular complexity index is 1080. The van der Waals surface area contributed by atoms with Gasteiger partial charge in [0.2, 0.25) is 0 Å².